The van der Waals surface area contributed by atoms with Gasteiger partial charge in [-0.1, -0.05) is 52.2 Å². The van der Waals surface area contributed by atoms with E-state index in [2.05, 4.69) is 46.4 Å². The third-order valence-electron chi connectivity index (χ3n) is 3.17. The third-order valence-corrected chi connectivity index (χ3v) is 4.18. The quantitative estimate of drug-likeness (QED) is 0.635. The lowest BCUT2D eigenvalue weighted by molar-refractivity contribution is 0.520. The lowest BCUT2D eigenvalue weighted by atomic mass is 10.0. The Labute approximate surface area is 132 Å². The second kappa shape index (κ2) is 6.72. The Morgan fingerprint density at radius 1 is 1.50 bits per heavy atom. The summed E-state index contributed by atoms with van der Waals surface area (Å²) in [6.45, 7) is 4.96. The Kier molecular flexibility index (Phi) is 5.21. The van der Waals surface area contributed by atoms with Crippen LogP contribution in [0.15, 0.2) is 28.9 Å². The fraction of sp³-hybridized carbons (Fsp3) is 0.357. The minimum atomic E-state index is -0.203. The second-order valence-electron chi connectivity index (χ2n) is 4.73. The molecule has 1 atom stereocenters. The van der Waals surface area contributed by atoms with Gasteiger partial charge >= 0.3 is 0 Å². The summed E-state index contributed by atoms with van der Waals surface area (Å²) in [6, 6.07) is 5.95. The molecule has 4 nitrogen and oxygen atoms in total. The van der Waals surface area contributed by atoms with Crippen molar-refractivity contribution in [3.63, 3.8) is 0 Å². The molecular formula is C14H18BrClN4. The van der Waals surface area contributed by atoms with Crippen LogP contribution >= 0.6 is 27.5 Å². The molecule has 1 aromatic carbocycles. The number of nitrogens with one attached hydrogen (secondary N) is 1. The van der Waals surface area contributed by atoms with Crippen molar-refractivity contribution in [3.05, 3.63) is 50.7 Å². The number of hydrogen-bond acceptors (Lipinski definition) is 3. The summed E-state index contributed by atoms with van der Waals surface area (Å²) < 4.78 is 2.90. The van der Waals surface area contributed by atoms with Crippen molar-refractivity contribution < 1.29 is 0 Å². The lowest BCUT2D eigenvalue weighted by Crippen LogP contribution is -2.31. The number of hydrazine groups is 1. The number of nitrogens with zero attached hydrogens (tertiary/aromatic N) is 2. The zero-order valence-corrected chi connectivity index (χ0v) is 13.9. The van der Waals surface area contributed by atoms with Crippen LogP contribution in [0, 0.1) is 6.92 Å². The Morgan fingerprint density at radius 3 is 2.90 bits per heavy atom. The molecule has 0 fully saturated rings. The highest BCUT2D eigenvalue weighted by Crippen LogP contribution is 2.32. The Morgan fingerprint density at radius 2 is 2.25 bits per heavy atom. The van der Waals surface area contributed by atoms with Crippen LogP contribution < -0.4 is 11.3 Å². The molecule has 0 aliphatic carbocycles. The number of hydrogen-bond donors (Lipinski definition) is 2. The molecule has 1 unspecified atom stereocenters. The Bertz CT molecular complexity index is 597. The van der Waals surface area contributed by atoms with Crippen molar-refractivity contribution in [2.24, 2.45) is 5.84 Å². The summed E-state index contributed by atoms with van der Waals surface area (Å²) in [7, 11) is 0. The van der Waals surface area contributed by atoms with Gasteiger partial charge in [-0.05, 0) is 25.0 Å². The minimum absolute atomic E-state index is 0.203. The predicted octanol–water partition coefficient (Wildman–Crippen LogP) is 3.57. The molecule has 0 saturated carbocycles. The highest BCUT2D eigenvalue weighted by Gasteiger charge is 2.22. The molecule has 108 valence electrons. The number of rotatable bonds is 5. The van der Waals surface area contributed by atoms with Gasteiger partial charge in [0.25, 0.3) is 0 Å². The van der Waals surface area contributed by atoms with E-state index in [-0.39, 0.29) is 6.04 Å². The Hall–Kier alpha value is -0.880. The van der Waals surface area contributed by atoms with Gasteiger partial charge in [-0.3, -0.25) is 10.5 Å². The van der Waals surface area contributed by atoms with Crippen LogP contribution in [0.3, 0.4) is 0 Å². The first kappa shape index (κ1) is 15.5. The number of benzene rings is 1. The molecule has 3 N–H and O–H groups in total. The van der Waals surface area contributed by atoms with Crippen LogP contribution in [0.5, 0.6) is 0 Å². The molecule has 0 saturated heterocycles. The highest BCUT2D eigenvalue weighted by atomic mass is 79.9. The fourth-order valence-electron chi connectivity index (χ4n) is 2.25. The molecular weight excluding hydrogens is 340 g/mol. The van der Waals surface area contributed by atoms with Crippen molar-refractivity contribution in [3.8, 4) is 0 Å². The molecule has 0 radical (unpaired) electrons. The van der Waals surface area contributed by atoms with Gasteiger partial charge in [0.1, 0.15) is 0 Å². The largest absolute Gasteiger partial charge is 0.271 e. The predicted molar refractivity (Wildman–Crippen MR) is 85.6 cm³/mol. The zero-order chi connectivity index (χ0) is 14.7. The van der Waals surface area contributed by atoms with Gasteiger partial charge in [0.15, 0.2) is 0 Å². The summed E-state index contributed by atoms with van der Waals surface area (Å²) in [5.74, 6) is 5.78. The summed E-state index contributed by atoms with van der Waals surface area (Å²) in [4.78, 5) is 0. The maximum atomic E-state index is 6.30. The van der Waals surface area contributed by atoms with E-state index in [0.717, 1.165) is 28.7 Å². The average Bonchev–Trinajstić information content (AvgIpc) is 2.77. The number of aromatic nitrogens is 2. The molecule has 0 aliphatic heterocycles. The van der Waals surface area contributed by atoms with Gasteiger partial charge < -0.3 is 0 Å². The first-order valence-electron chi connectivity index (χ1n) is 6.51. The Balaban J connectivity index is 2.52. The molecule has 2 aromatic rings. The first-order valence-corrected chi connectivity index (χ1v) is 7.69. The van der Waals surface area contributed by atoms with Crippen molar-refractivity contribution >= 4 is 27.5 Å². The van der Waals surface area contributed by atoms with E-state index in [0.29, 0.717) is 5.02 Å². The van der Waals surface area contributed by atoms with Crippen LogP contribution in [-0.4, -0.2) is 9.78 Å². The SMILES string of the molecule is CCCn1ncc(Cl)c1C(NN)c1cc(C)ccc1Br. The normalized spacial score (nSPS) is 12.7. The molecule has 2 rings (SSSR count). The molecule has 0 aliphatic rings. The molecule has 1 aromatic heterocycles. The maximum absolute atomic E-state index is 6.30. The molecule has 20 heavy (non-hydrogen) atoms. The third kappa shape index (κ3) is 3.06. The van der Waals surface area contributed by atoms with Gasteiger partial charge in [-0.15, -0.1) is 0 Å². The highest BCUT2D eigenvalue weighted by molar-refractivity contribution is 9.10. The number of aryl methyl sites for hydroxylation is 2. The second-order valence-corrected chi connectivity index (χ2v) is 5.99. The summed E-state index contributed by atoms with van der Waals surface area (Å²) in [5, 5.41) is 4.95. The van der Waals surface area contributed by atoms with E-state index in [1.54, 1.807) is 6.20 Å². The van der Waals surface area contributed by atoms with Crippen LogP contribution in [0.2, 0.25) is 5.02 Å². The van der Waals surface area contributed by atoms with Crippen LogP contribution in [0.25, 0.3) is 0 Å². The van der Waals surface area contributed by atoms with E-state index in [1.807, 2.05) is 16.8 Å². The lowest BCUT2D eigenvalue weighted by Gasteiger charge is -2.20. The van der Waals surface area contributed by atoms with Crippen molar-refractivity contribution in [1.29, 1.82) is 0 Å². The first-order chi connectivity index (χ1) is 9.58. The molecule has 0 spiro atoms. The molecule has 0 amide bonds. The van der Waals surface area contributed by atoms with Gasteiger partial charge in [0.05, 0.1) is 23.0 Å². The molecule has 0 bridgehead atoms. The monoisotopic (exact) mass is 356 g/mol. The fourth-order valence-corrected chi connectivity index (χ4v) is 2.98. The van der Waals surface area contributed by atoms with E-state index < -0.39 is 0 Å². The van der Waals surface area contributed by atoms with Crippen LogP contribution in [0.1, 0.15) is 36.2 Å². The van der Waals surface area contributed by atoms with Gasteiger partial charge in [0.2, 0.25) is 0 Å². The summed E-state index contributed by atoms with van der Waals surface area (Å²) in [5.41, 5.74) is 5.96. The smallest absolute Gasteiger partial charge is 0.0904 e. The average molecular weight is 358 g/mol. The molecule has 6 heteroatoms. The van der Waals surface area contributed by atoms with Gasteiger partial charge in [-0.25, -0.2) is 5.43 Å². The van der Waals surface area contributed by atoms with E-state index in [9.17, 15) is 0 Å². The number of nitrogens with two attached hydrogens (primary N) is 1. The van der Waals surface area contributed by atoms with E-state index >= 15 is 0 Å². The van der Waals surface area contributed by atoms with Crippen molar-refractivity contribution in [1.82, 2.24) is 15.2 Å². The topological polar surface area (TPSA) is 55.9 Å². The summed E-state index contributed by atoms with van der Waals surface area (Å²) >= 11 is 9.88. The molecule has 1 heterocycles. The van der Waals surface area contributed by atoms with Crippen LogP contribution in [-0.2, 0) is 6.54 Å². The summed E-state index contributed by atoms with van der Waals surface area (Å²) in [6.07, 6.45) is 2.65. The van der Waals surface area contributed by atoms with E-state index in [4.69, 9.17) is 17.4 Å². The van der Waals surface area contributed by atoms with Crippen LogP contribution in [0.4, 0.5) is 0 Å². The zero-order valence-electron chi connectivity index (χ0n) is 11.5. The van der Waals surface area contributed by atoms with Crippen molar-refractivity contribution in [2.75, 3.05) is 0 Å². The van der Waals surface area contributed by atoms with Gasteiger partial charge in [-0.2, -0.15) is 5.10 Å². The number of halogens is 2. The maximum Gasteiger partial charge on any atom is 0.0904 e. The standard InChI is InChI=1S/C14H18BrClN4/c1-3-6-20-14(12(16)8-18-20)13(19-17)10-7-9(2)4-5-11(10)15/h4-5,7-8,13,19H,3,6,17H2,1-2H3. The van der Waals surface area contributed by atoms with E-state index in [1.165, 1.54) is 5.56 Å². The van der Waals surface area contributed by atoms with Gasteiger partial charge in [0, 0.05) is 11.0 Å². The van der Waals surface area contributed by atoms with Crippen molar-refractivity contribution in [2.45, 2.75) is 32.9 Å². The minimum Gasteiger partial charge on any atom is -0.271 e.